The van der Waals surface area contributed by atoms with Crippen LogP contribution in [0.15, 0.2) is 30.5 Å². The molecular formula is C19H26N3O. The highest BCUT2D eigenvalue weighted by Gasteiger charge is 2.13. The molecule has 1 aromatic carbocycles. The number of fused-ring (bicyclic) bond motifs is 1. The van der Waals surface area contributed by atoms with E-state index in [0.717, 1.165) is 36.0 Å². The second kappa shape index (κ2) is 7.64. The molecule has 0 saturated carbocycles. The molecule has 23 heavy (non-hydrogen) atoms. The number of amides is 1. The van der Waals surface area contributed by atoms with E-state index in [1.54, 1.807) is 0 Å². The normalized spacial score (nSPS) is 15.3. The Kier molecular flexibility index (Phi) is 5.34. The molecule has 2 aromatic rings. The Morgan fingerprint density at radius 2 is 2.09 bits per heavy atom. The molecule has 4 nitrogen and oxygen atoms in total. The summed E-state index contributed by atoms with van der Waals surface area (Å²) in [6.45, 7) is 4.32. The summed E-state index contributed by atoms with van der Waals surface area (Å²) in [5, 5.41) is 4.09. The van der Waals surface area contributed by atoms with Gasteiger partial charge in [-0.15, -0.1) is 0 Å². The van der Waals surface area contributed by atoms with Crippen molar-refractivity contribution in [2.75, 3.05) is 26.2 Å². The van der Waals surface area contributed by atoms with Gasteiger partial charge in [0.15, 0.2) is 0 Å². The maximum absolute atomic E-state index is 12.4. The fraction of sp³-hybridized carbons (Fsp3) is 0.474. The lowest BCUT2D eigenvalue weighted by Crippen LogP contribution is -2.24. The van der Waals surface area contributed by atoms with Crippen molar-refractivity contribution in [1.29, 1.82) is 0 Å². The fourth-order valence-electron chi connectivity index (χ4n) is 3.30. The van der Waals surface area contributed by atoms with E-state index in [9.17, 15) is 4.79 Å². The lowest BCUT2D eigenvalue weighted by atomic mass is 10.1. The lowest BCUT2D eigenvalue weighted by molar-refractivity contribution is 0.0954. The summed E-state index contributed by atoms with van der Waals surface area (Å²) in [5.41, 5.74) is 1.87. The summed E-state index contributed by atoms with van der Waals surface area (Å²) in [6, 6.07) is 8.04. The molecule has 0 atom stereocenters. The molecule has 3 rings (SSSR count). The number of unbranched alkanes of at least 4 members (excludes halogenated alkanes) is 2. The van der Waals surface area contributed by atoms with Gasteiger partial charge >= 0.3 is 0 Å². The Morgan fingerprint density at radius 1 is 1.22 bits per heavy atom. The number of aromatic nitrogens is 1. The van der Waals surface area contributed by atoms with Crippen LogP contribution in [0.25, 0.3) is 10.9 Å². The molecule has 1 saturated heterocycles. The van der Waals surface area contributed by atoms with Crippen LogP contribution in [-0.2, 0) is 7.05 Å². The molecule has 123 valence electrons. The molecule has 0 aliphatic carbocycles. The molecule has 0 unspecified atom stereocenters. The maximum Gasteiger partial charge on any atom is 0.253 e. The van der Waals surface area contributed by atoms with Crippen molar-refractivity contribution < 1.29 is 4.79 Å². The number of nitrogens with zero attached hydrogens (tertiary/aromatic N) is 2. The Hall–Kier alpha value is -1.81. The molecular weight excluding hydrogens is 286 g/mol. The van der Waals surface area contributed by atoms with Crippen LogP contribution < -0.4 is 5.32 Å². The predicted octanol–water partition coefficient (Wildman–Crippen LogP) is 2.99. The van der Waals surface area contributed by atoms with Crippen LogP contribution in [-0.4, -0.2) is 41.6 Å². The highest BCUT2D eigenvalue weighted by atomic mass is 16.1. The molecule has 2 heterocycles. The lowest BCUT2D eigenvalue weighted by Gasteiger charge is -2.13. The van der Waals surface area contributed by atoms with Gasteiger partial charge in [-0.25, -0.2) is 0 Å². The number of nitrogens with one attached hydrogen (secondary N) is 1. The SMILES string of the molecule is Cn1cc(C(=O)NCCCCCN2C[CH]CC2)c2ccccc21. The van der Waals surface area contributed by atoms with Gasteiger partial charge in [0.1, 0.15) is 0 Å². The fourth-order valence-corrected chi connectivity index (χ4v) is 3.30. The predicted molar refractivity (Wildman–Crippen MR) is 94.5 cm³/mol. The third-order valence-corrected chi connectivity index (χ3v) is 4.62. The molecule has 1 aliphatic heterocycles. The highest BCUT2D eigenvalue weighted by Crippen LogP contribution is 2.20. The molecule has 1 radical (unpaired) electrons. The minimum Gasteiger partial charge on any atom is -0.352 e. The monoisotopic (exact) mass is 312 g/mol. The van der Waals surface area contributed by atoms with Crippen molar-refractivity contribution in [1.82, 2.24) is 14.8 Å². The second-order valence-corrected chi connectivity index (χ2v) is 6.37. The van der Waals surface area contributed by atoms with Gasteiger partial charge in [-0.05, 0) is 44.8 Å². The Morgan fingerprint density at radius 3 is 2.91 bits per heavy atom. The molecule has 1 N–H and O–H groups in total. The van der Waals surface area contributed by atoms with E-state index in [2.05, 4.69) is 16.6 Å². The van der Waals surface area contributed by atoms with Gasteiger partial charge in [0.05, 0.1) is 5.56 Å². The summed E-state index contributed by atoms with van der Waals surface area (Å²) in [5.74, 6) is 0.0379. The average molecular weight is 312 g/mol. The topological polar surface area (TPSA) is 37.3 Å². The number of hydrogen-bond donors (Lipinski definition) is 1. The quantitative estimate of drug-likeness (QED) is 0.798. The summed E-state index contributed by atoms with van der Waals surface area (Å²) in [6.07, 6.45) is 8.95. The van der Waals surface area contributed by atoms with E-state index in [1.165, 1.54) is 32.4 Å². The first-order chi connectivity index (χ1) is 11.3. The summed E-state index contributed by atoms with van der Waals surface area (Å²) < 4.78 is 2.01. The van der Waals surface area contributed by atoms with Crippen LogP contribution >= 0.6 is 0 Å². The zero-order valence-corrected chi connectivity index (χ0v) is 13.9. The van der Waals surface area contributed by atoms with Crippen molar-refractivity contribution in [3.63, 3.8) is 0 Å². The van der Waals surface area contributed by atoms with Crippen LogP contribution in [0.5, 0.6) is 0 Å². The first-order valence-electron chi connectivity index (χ1n) is 8.62. The standard InChI is InChI=1S/C19H26N3O/c1-21-15-17(16-9-3-4-10-18(16)21)19(23)20-11-5-2-6-12-22-13-7-8-14-22/h3-4,7,9-10,15H,2,5-6,8,11-14H2,1H3,(H,20,23). The number of aryl methyl sites for hydroxylation is 1. The van der Waals surface area contributed by atoms with Gasteiger partial charge in [0, 0.05) is 37.2 Å². The van der Waals surface area contributed by atoms with Crippen LogP contribution in [0, 0.1) is 6.42 Å². The van der Waals surface area contributed by atoms with Crippen molar-refractivity contribution in [3.8, 4) is 0 Å². The number of rotatable bonds is 7. The Labute approximate surface area is 138 Å². The summed E-state index contributed by atoms with van der Waals surface area (Å²) >= 11 is 0. The largest absolute Gasteiger partial charge is 0.352 e. The van der Waals surface area contributed by atoms with Crippen molar-refractivity contribution in [2.45, 2.75) is 25.7 Å². The van der Waals surface area contributed by atoms with Crippen molar-refractivity contribution in [2.24, 2.45) is 7.05 Å². The van der Waals surface area contributed by atoms with Crippen LogP contribution in [0.4, 0.5) is 0 Å². The Balaban J connectivity index is 1.42. The van der Waals surface area contributed by atoms with E-state index in [-0.39, 0.29) is 5.91 Å². The van der Waals surface area contributed by atoms with E-state index >= 15 is 0 Å². The van der Waals surface area contributed by atoms with Gasteiger partial charge in [-0.1, -0.05) is 24.6 Å². The van der Waals surface area contributed by atoms with Crippen molar-refractivity contribution >= 4 is 16.8 Å². The third kappa shape index (κ3) is 3.94. The first kappa shape index (κ1) is 16.1. The van der Waals surface area contributed by atoms with Gasteiger partial charge in [-0.2, -0.15) is 0 Å². The molecule has 4 heteroatoms. The minimum atomic E-state index is 0.0379. The maximum atomic E-state index is 12.4. The number of para-hydroxylation sites is 1. The third-order valence-electron chi connectivity index (χ3n) is 4.62. The van der Waals surface area contributed by atoms with E-state index in [1.807, 2.05) is 42.1 Å². The molecule has 1 aliphatic rings. The van der Waals surface area contributed by atoms with E-state index in [0.29, 0.717) is 0 Å². The van der Waals surface area contributed by atoms with Gasteiger partial charge in [-0.3, -0.25) is 4.79 Å². The van der Waals surface area contributed by atoms with E-state index < -0.39 is 0 Å². The Bertz CT molecular complexity index is 656. The smallest absolute Gasteiger partial charge is 0.253 e. The second-order valence-electron chi connectivity index (χ2n) is 6.37. The highest BCUT2D eigenvalue weighted by molar-refractivity contribution is 6.06. The minimum absolute atomic E-state index is 0.0379. The number of hydrogen-bond acceptors (Lipinski definition) is 2. The molecule has 1 amide bonds. The van der Waals surface area contributed by atoms with Crippen LogP contribution in [0.1, 0.15) is 36.0 Å². The van der Waals surface area contributed by atoms with Gasteiger partial charge in [0.2, 0.25) is 0 Å². The van der Waals surface area contributed by atoms with Gasteiger partial charge in [0.25, 0.3) is 5.91 Å². The zero-order valence-electron chi connectivity index (χ0n) is 13.9. The number of benzene rings is 1. The number of likely N-dealkylation sites (tertiary alicyclic amines) is 1. The molecule has 1 aromatic heterocycles. The summed E-state index contributed by atoms with van der Waals surface area (Å²) in [4.78, 5) is 14.9. The number of carbonyl (C=O) groups excluding carboxylic acids is 1. The average Bonchev–Trinajstić information content (AvgIpc) is 3.19. The first-order valence-corrected chi connectivity index (χ1v) is 8.62. The zero-order chi connectivity index (χ0) is 16.1. The summed E-state index contributed by atoms with van der Waals surface area (Å²) in [7, 11) is 1.98. The van der Waals surface area contributed by atoms with E-state index in [4.69, 9.17) is 0 Å². The number of carbonyl (C=O) groups is 1. The van der Waals surface area contributed by atoms with Crippen LogP contribution in [0.2, 0.25) is 0 Å². The van der Waals surface area contributed by atoms with Crippen LogP contribution in [0.3, 0.4) is 0 Å². The molecule has 1 fully saturated rings. The molecule has 0 bridgehead atoms. The van der Waals surface area contributed by atoms with Gasteiger partial charge < -0.3 is 14.8 Å². The van der Waals surface area contributed by atoms with Crippen molar-refractivity contribution in [3.05, 3.63) is 42.4 Å². The molecule has 0 spiro atoms.